The Morgan fingerprint density at radius 2 is 1.79 bits per heavy atom. The van der Waals surface area contributed by atoms with E-state index in [2.05, 4.69) is 37.2 Å². The highest BCUT2D eigenvalue weighted by Gasteiger charge is 2.08. The van der Waals surface area contributed by atoms with Crippen molar-refractivity contribution in [2.45, 2.75) is 6.54 Å². The molecule has 2 aromatic carbocycles. The average Bonchev–Trinajstić information content (AvgIpc) is 2.32. The Labute approximate surface area is 131 Å². The lowest BCUT2D eigenvalue weighted by molar-refractivity contribution is 0.619. The molecule has 1 N–H and O–H groups in total. The second-order valence-electron chi connectivity index (χ2n) is 3.85. The van der Waals surface area contributed by atoms with Gasteiger partial charge in [-0.1, -0.05) is 17.7 Å². The molecule has 0 unspecified atom stereocenters. The first-order chi connectivity index (χ1) is 8.97. The van der Waals surface area contributed by atoms with Crippen LogP contribution in [0.25, 0.3) is 0 Å². The Balaban J connectivity index is 2.16. The molecule has 0 heterocycles. The number of nitrogens with one attached hydrogen (secondary N) is 1. The van der Waals surface area contributed by atoms with Crippen LogP contribution in [-0.2, 0) is 6.54 Å². The van der Waals surface area contributed by atoms with E-state index >= 15 is 0 Å². The number of halogens is 5. The lowest BCUT2D eigenvalue weighted by Gasteiger charge is -2.11. The molecule has 0 saturated heterocycles. The highest BCUT2D eigenvalue weighted by Crippen LogP contribution is 2.32. The monoisotopic (exact) mass is 409 g/mol. The average molecular weight is 411 g/mol. The van der Waals surface area contributed by atoms with Gasteiger partial charge in [-0.15, -0.1) is 0 Å². The topological polar surface area (TPSA) is 12.0 Å². The molecule has 0 aliphatic carbocycles. The lowest BCUT2D eigenvalue weighted by atomic mass is 10.2. The van der Waals surface area contributed by atoms with Crippen LogP contribution in [0.5, 0.6) is 0 Å². The smallest absolute Gasteiger partial charge is 0.137 e. The minimum atomic E-state index is -0.419. The van der Waals surface area contributed by atoms with Crippen molar-refractivity contribution in [3.8, 4) is 0 Å². The normalized spacial score (nSPS) is 10.6. The van der Waals surface area contributed by atoms with Gasteiger partial charge in [-0.2, -0.15) is 0 Å². The van der Waals surface area contributed by atoms with E-state index in [4.69, 9.17) is 11.6 Å². The Kier molecular flexibility index (Phi) is 4.81. The van der Waals surface area contributed by atoms with Crippen molar-refractivity contribution >= 4 is 49.1 Å². The summed E-state index contributed by atoms with van der Waals surface area (Å²) in [6, 6.07) is 7.37. The molecule has 0 saturated carbocycles. The van der Waals surface area contributed by atoms with Crippen LogP contribution in [0, 0.1) is 11.6 Å². The standard InChI is InChI=1S/C13H8Br2ClF2N/c14-9-2-1-7(3-12(9)18)6-19-13-10(15)4-8(17)5-11(13)16/h1-5,19H,6H2. The quantitative estimate of drug-likeness (QED) is 0.678. The zero-order chi connectivity index (χ0) is 14.0. The summed E-state index contributed by atoms with van der Waals surface area (Å²) < 4.78 is 27.4. The molecule has 0 bridgehead atoms. The molecule has 2 aromatic rings. The number of hydrogen-bond acceptors (Lipinski definition) is 1. The second kappa shape index (κ2) is 6.20. The van der Waals surface area contributed by atoms with E-state index in [0.717, 1.165) is 5.56 Å². The van der Waals surface area contributed by atoms with Crippen molar-refractivity contribution in [1.82, 2.24) is 0 Å². The summed E-state index contributed by atoms with van der Waals surface area (Å²) in [5.41, 5.74) is 1.33. The second-order valence-corrected chi connectivity index (χ2v) is 5.96. The zero-order valence-corrected chi connectivity index (χ0v) is 13.4. The highest BCUT2D eigenvalue weighted by atomic mass is 79.9. The molecule has 6 heteroatoms. The van der Waals surface area contributed by atoms with Gasteiger partial charge in [-0.05, 0) is 61.7 Å². The van der Waals surface area contributed by atoms with E-state index in [1.807, 2.05) is 0 Å². The third-order valence-corrected chi connectivity index (χ3v) is 4.03. The molecule has 2 rings (SSSR count). The van der Waals surface area contributed by atoms with E-state index in [9.17, 15) is 8.78 Å². The van der Waals surface area contributed by atoms with Gasteiger partial charge < -0.3 is 5.32 Å². The van der Waals surface area contributed by atoms with Gasteiger partial charge in [0.25, 0.3) is 0 Å². The van der Waals surface area contributed by atoms with Crippen LogP contribution in [0.15, 0.2) is 39.3 Å². The maximum atomic E-state index is 13.4. The van der Waals surface area contributed by atoms with E-state index < -0.39 is 5.82 Å². The van der Waals surface area contributed by atoms with Gasteiger partial charge in [-0.25, -0.2) is 8.78 Å². The molecule has 19 heavy (non-hydrogen) atoms. The van der Waals surface area contributed by atoms with Crippen LogP contribution in [0.3, 0.4) is 0 Å². The van der Waals surface area contributed by atoms with Gasteiger partial charge in [0.1, 0.15) is 11.6 Å². The maximum Gasteiger partial charge on any atom is 0.137 e. The third kappa shape index (κ3) is 3.68. The lowest BCUT2D eigenvalue weighted by Crippen LogP contribution is -2.01. The molecule has 0 radical (unpaired) electrons. The van der Waals surface area contributed by atoms with Crippen molar-refractivity contribution in [1.29, 1.82) is 0 Å². The molecule has 0 aromatic heterocycles. The van der Waals surface area contributed by atoms with Gasteiger partial charge in [0.05, 0.1) is 15.2 Å². The van der Waals surface area contributed by atoms with Crippen LogP contribution in [0.4, 0.5) is 14.5 Å². The summed E-state index contributed by atoms with van der Waals surface area (Å²) in [5, 5.41) is 3.31. The minimum absolute atomic E-state index is 0.268. The molecular formula is C13H8Br2ClF2N. The highest BCUT2D eigenvalue weighted by molar-refractivity contribution is 9.10. The van der Waals surface area contributed by atoms with Gasteiger partial charge in [0, 0.05) is 11.0 Å². The van der Waals surface area contributed by atoms with Crippen LogP contribution in [0.1, 0.15) is 5.56 Å². The fraction of sp³-hybridized carbons (Fsp3) is 0.0769. The van der Waals surface area contributed by atoms with Gasteiger partial charge >= 0.3 is 0 Å². The summed E-state index contributed by atoms with van der Waals surface area (Å²) >= 11 is 12.3. The number of hydrogen-bond donors (Lipinski definition) is 1. The predicted octanol–water partition coefficient (Wildman–Crippen LogP) is 5.76. The predicted molar refractivity (Wildman–Crippen MR) is 80.5 cm³/mol. The van der Waals surface area contributed by atoms with Crippen LogP contribution in [-0.4, -0.2) is 0 Å². The Bertz CT molecular complexity index is 597. The molecule has 0 atom stereocenters. The van der Waals surface area contributed by atoms with E-state index in [-0.39, 0.29) is 10.8 Å². The summed E-state index contributed by atoms with van der Waals surface area (Å²) in [6.07, 6.45) is 0. The summed E-state index contributed by atoms with van der Waals surface area (Å²) in [5.74, 6) is -0.749. The fourth-order valence-electron chi connectivity index (χ4n) is 1.55. The van der Waals surface area contributed by atoms with Crippen LogP contribution in [0.2, 0.25) is 5.02 Å². The molecular weight excluding hydrogens is 403 g/mol. The summed E-state index contributed by atoms with van der Waals surface area (Å²) in [6.45, 7) is 0.383. The minimum Gasteiger partial charge on any atom is -0.379 e. The zero-order valence-electron chi connectivity index (χ0n) is 9.48. The maximum absolute atomic E-state index is 13.4. The Morgan fingerprint density at radius 1 is 1.05 bits per heavy atom. The van der Waals surface area contributed by atoms with E-state index in [1.54, 1.807) is 12.1 Å². The Morgan fingerprint density at radius 3 is 2.42 bits per heavy atom. The first-order valence-electron chi connectivity index (χ1n) is 5.29. The molecule has 1 nitrogen and oxygen atoms in total. The van der Waals surface area contributed by atoms with Crippen molar-refractivity contribution in [3.05, 3.63) is 61.5 Å². The summed E-state index contributed by atoms with van der Waals surface area (Å²) in [7, 11) is 0. The van der Waals surface area contributed by atoms with E-state index in [1.165, 1.54) is 18.2 Å². The fourth-order valence-corrected chi connectivity index (χ4v) is 2.76. The van der Waals surface area contributed by atoms with E-state index in [0.29, 0.717) is 21.2 Å². The molecule has 0 spiro atoms. The van der Waals surface area contributed by atoms with Crippen molar-refractivity contribution in [2.24, 2.45) is 0 Å². The van der Waals surface area contributed by atoms with Gasteiger partial charge in [0.15, 0.2) is 0 Å². The van der Waals surface area contributed by atoms with Crippen LogP contribution < -0.4 is 5.32 Å². The van der Waals surface area contributed by atoms with Gasteiger partial charge in [0.2, 0.25) is 0 Å². The van der Waals surface area contributed by atoms with Crippen molar-refractivity contribution < 1.29 is 8.78 Å². The Hall–Kier alpha value is -0.650. The SMILES string of the molecule is Fc1cc(Cl)c(NCc2ccc(Br)c(F)c2)c(Br)c1. The molecule has 0 aliphatic rings. The first kappa shape index (κ1) is 14.8. The summed E-state index contributed by atoms with van der Waals surface area (Å²) in [4.78, 5) is 0. The van der Waals surface area contributed by atoms with Gasteiger partial charge in [-0.3, -0.25) is 0 Å². The molecule has 100 valence electrons. The third-order valence-electron chi connectivity index (χ3n) is 2.46. The molecule has 0 amide bonds. The molecule has 0 aliphatic heterocycles. The number of anilines is 1. The number of rotatable bonds is 3. The van der Waals surface area contributed by atoms with Crippen LogP contribution >= 0.6 is 43.5 Å². The largest absolute Gasteiger partial charge is 0.379 e. The number of benzene rings is 2. The van der Waals surface area contributed by atoms with Crippen molar-refractivity contribution in [2.75, 3.05) is 5.32 Å². The first-order valence-corrected chi connectivity index (χ1v) is 7.26. The van der Waals surface area contributed by atoms with Crippen molar-refractivity contribution in [3.63, 3.8) is 0 Å². The molecule has 0 fully saturated rings.